The number of carbonyl (C=O) groups excluding carboxylic acids is 1. The number of guanidine groups is 1. The normalized spacial score (nSPS) is 16.0. The van der Waals surface area contributed by atoms with Crippen molar-refractivity contribution >= 4 is 35.8 Å². The van der Waals surface area contributed by atoms with Gasteiger partial charge in [-0.2, -0.15) is 5.10 Å². The van der Waals surface area contributed by atoms with Crippen molar-refractivity contribution in [2.24, 2.45) is 4.99 Å². The fourth-order valence-corrected chi connectivity index (χ4v) is 3.44. The monoisotopic (exact) mass is 510 g/mol. The molecule has 7 nitrogen and oxygen atoms in total. The number of nitrogens with one attached hydrogen (secondary N) is 3. The Hall–Kier alpha value is -2.10. The Morgan fingerprint density at radius 2 is 2.17 bits per heavy atom. The van der Waals surface area contributed by atoms with Gasteiger partial charge in [-0.15, -0.1) is 24.0 Å². The molecule has 1 aromatic carbocycles. The van der Waals surface area contributed by atoms with Crippen molar-refractivity contribution in [3.8, 4) is 0 Å². The molecule has 1 aliphatic rings. The van der Waals surface area contributed by atoms with Crippen molar-refractivity contribution in [3.05, 3.63) is 52.8 Å². The highest BCUT2D eigenvalue weighted by atomic mass is 127. The maximum Gasteiger partial charge on any atom is 0.251 e. The van der Waals surface area contributed by atoms with Crippen LogP contribution < -0.4 is 16.0 Å². The lowest BCUT2D eigenvalue weighted by Gasteiger charge is -2.24. The molecule has 3 N–H and O–H groups in total. The fraction of sp³-hybridized carbons (Fsp3) is 0.476. The number of nitrogens with zero attached hydrogens (tertiary/aromatic N) is 3. The van der Waals surface area contributed by atoms with Gasteiger partial charge in [0.05, 0.1) is 5.69 Å². The molecule has 0 saturated heterocycles. The van der Waals surface area contributed by atoms with Crippen molar-refractivity contribution in [2.45, 2.75) is 51.7 Å². The Labute approximate surface area is 189 Å². The van der Waals surface area contributed by atoms with Gasteiger partial charge in [0.25, 0.3) is 5.91 Å². The molecule has 1 atom stereocenters. The molecule has 0 aliphatic heterocycles. The number of aryl methyl sites for hydroxylation is 1. The minimum atomic E-state index is -0.0804. The summed E-state index contributed by atoms with van der Waals surface area (Å²) in [6.45, 7) is 4.91. The molecule has 0 spiro atoms. The lowest BCUT2D eigenvalue weighted by molar-refractivity contribution is 0.0963. The lowest BCUT2D eigenvalue weighted by Crippen LogP contribution is -2.45. The second-order valence-electron chi connectivity index (χ2n) is 7.46. The Balaban J connectivity index is 0.00000300. The zero-order valence-corrected chi connectivity index (χ0v) is 19.9. The highest BCUT2D eigenvalue weighted by Crippen LogP contribution is 2.21. The van der Waals surface area contributed by atoms with E-state index in [4.69, 9.17) is 5.10 Å². The number of rotatable bonds is 5. The largest absolute Gasteiger partial charge is 0.355 e. The summed E-state index contributed by atoms with van der Waals surface area (Å²) in [6, 6.07) is 8.29. The fourth-order valence-electron chi connectivity index (χ4n) is 3.44. The van der Waals surface area contributed by atoms with Crippen molar-refractivity contribution in [1.82, 2.24) is 25.7 Å². The van der Waals surface area contributed by atoms with Gasteiger partial charge in [0.1, 0.15) is 0 Å². The van der Waals surface area contributed by atoms with Gasteiger partial charge >= 0.3 is 0 Å². The number of fused-ring (bicyclic) bond motifs is 1. The summed E-state index contributed by atoms with van der Waals surface area (Å²) in [4.78, 5) is 16.1. The topological polar surface area (TPSA) is 83.3 Å². The molecule has 2 aromatic rings. The Morgan fingerprint density at radius 1 is 1.38 bits per heavy atom. The lowest BCUT2D eigenvalue weighted by atomic mass is 9.94. The number of hydrogen-bond donors (Lipinski definition) is 3. The van der Waals surface area contributed by atoms with Crippen LogP contribution in [0, 0.1) is 0 Å². The SMILES string of the molecule is CN=C(NCc1cccc(C(=O)NC)c1)NC1CCc2cn(C(C)C)nc2C1.I. The third-order valence-corrected chi connectivity index (χ3v) is 5.07. The second kappa shape index (κ2) is 10.6. The predicted molar refractivity (Wildman–Crippen MR) is 127 cm³/mol. The number of hydrogen-bond acceptors (Lipinski definition) is 3. The minimum Gasteiger partial charge on any atom is -0.355 e. The summed E-state index contributed by atoms with van der Waals surface area (Å²) < 4.78 is 2.06. The summed E-state index contributed by atoms with van der Waals surface area (Å²) in [5.41, 5.74) is 4.24. The van der Waals surface area contributed by atoms with Gasteiger partial charge in [-0.3, -0.25) is 14.5 Å². The summed E-state index contributed by atoms with van der Waals surface area (Å²) in [6.07, 6.45) is 5.18. The maximum absolute atomic E-state index is 11.8. The molecule has 1 aromatic heterocycles. The third kappa shape index (κ3) is 5.94. The first-order chi connectivity index (χ1) is 13.5. The van der Waals surface area contributed by atoms with Crippen molar-refractivity contribution < 1.29 is 4.79 Å². The van der Waals surface area contributed by atoms with E-state index in [0.29, 0.717) is 24.2 Å². The number of aromatic nitrogens is 2. The molecule has 1 unspecified atom stereocenters. The van der Waals surface area contributed by atoms with E-state index in [1.165, 1.54) is 11.3 Å². The van der Waals surface area contributed by atoms with Gasteiger partial charge in [0, 0.05) is 50.9 Å². The molecule has 158 valence electrons. The molecule has 1 aliphatic carbocycles. The summed E-state index contributed by atoms with van der Waals surface area (Å²) in [7, 11) is 3.41. The van der Waals surface area contributed by atoms with Crippen molar-refractivity contribution in [2.75, 3.05) is 14.1 Å². The van der Waals surface area contributed by atoms with Gasteiger partial charge in [-0.25, -0.2) is 0 Å². The molecule has 0 saturated carbocycles. The van der Waals surface area contributed by atoms with Crippen molar-refractivity contribution in [1.29, 1.82) is 0 Å². The van der Waals surface area contributed by atoms with E-state index in [9.17, 15) is 4.79 Å². The first-order valence-corrected chi connectivity index (χ1v) is 9.85. The van der Waals surface area contributed by atoms with Gasteiger partial charge in [-0.1, -0.05) is 12.1 Å². The van der Waals surface area contributed by atoms with Crippen LogP contribution in [0.3, 0.4) is 0 Å². The summed E-state index contributed by atoms with van der Waals surface area (Å²) in [5, 5.41) is 14.3. The molecule has 1 heterocycles. The van der Waals surface area contributed by atoms with Crippen LogP contribution in [0.15, 0.2) is 35.5 Å². The Bertz CT molecular complexity index is 861. The minimum absolute atomic E-state index is 0. The first kappa shape index (κ1) is 23.2. The number of halogens is 1. The van der Waals surface area contributed by atoms with E-state index in [1.807, 2.05) is 24.3 Å². The van der Waals surface area contributed by atoms with Crippen LogP contribution in [0.2, 0.25) is 0 Å². The van der Waals surface area contributed by atoms with E-state index in [-0.39, 0.29) is 29.9 Å². The van der Waals surface area contributed by atoms with Crippen molar-refractivity contribution in [3.63, 3.8) is 0 Å². The molecule has 8 heteroatoms. The molecule has 0 fully saturated rings. The average Bonchev–Trinajstić information content (AvgIpc) is 3.14. The van der Waals surface area contributed by atoms with Crippen LogP contribution in [0.4, 0.5) is 0 Å². The summed E-state index contributed by atoms with van der Waals surface area (Å²) in [5.74, 6) is 0.685. The first-order valence-electron chi connectivity index (χ1n) is 9.85. The van der Waals surface area contributed by atoms with Crippen LogP contribution >= 0.6 is 24.0 Å². The maximum atomic E-state index is 11.8. The highest BCUT2D eigenvalue weighted by Gasteiger charge is 2.23. The average molecular weight is 510 g/mol. The van der Waals surface area contributed by atoms with E-state index < -0.39 is 0 Å². The molecule has 1 amide bonds. The predicted octanol–water partition coefficient (Wildman–Crippen LogP) is 2.66. The van der Waals surface area contributed by atoms with E-state index in [2.05, 4.69) is 45.7 Å². The van der Waals surface area contributed by atoms with Crippen LogP contribution in [0.1, 0.15) is 53.5 Å². The summed E-state index contributed by atoms with van der Waals surface area (Å²) >= 11 is 0. The van der Waals surface area contributed by atoms with Gasteiger partial charge in [0.15, 0.2) is 5.96 Å². The van der Waals surface area contributed by atoms with Crippen LogP contribution in [0.25, 0.3) is 0 Å². The molecule has 0 radical (unpaired) electrons. The molecular formula is C21H31IN6O. The number of benzene rings is 1. The van der Waals surface area contributed by atoms with E-state index >= 15 is 0 Å². The Morgan fingerprint density at radius 3 is 2.86 bits per heavy atom. The second-order valence-corrected chi connectivity index (χ2v) is 7.46. The number of aliphatic imine (C=N–C) groups is 1. The van der Waals surface area contributed by atoms with Crippen LogP contribution in [-0.2, 0) is 19.4 Å². The van der Waals surface area contributed by atoms with E-state index in [1.54, 1.807) is 14.1 Å². The Kier molecular flexibility index (Phi) is 8.48. The standard InChI is InChI=1S/C21H30N6O.HI/c1-14(2)27-13-17-8-9-18(11-19(17)26-27)25-21(23-4)24-12-15-6-5-7-16(10-15)20(28)22-3;/h5-7,10,13-14,18H,8-9,11-12H2,1-4H3,(H,22,28)(H2,23,24,25);1H. The van der Waals surface area contributed by atoms with E-state index in [0.717, 1.165) is 30.8 Å². The van der Waals surface area contributed by atoms with Crippen LogP contribution in [0.5, 0.6) is 0 Å². The van der Waals surface area contributed by atoms with Gasteiger partial charge < -0.3 is 16.0 Å². The quantitative estimate of drug-likeness (QED) is 0.328. The van der Waals surface area contributed by atoms with Gasteiger partial charge in [-0.05, 0) is 49.9 Å². The molecule has 29 heavy (non-hydrogen) atoms. The smallest absolute Gasteiger partial charge is 0.251 e. The molecular weight excluding hydrogens is 479 g/mol. The number of amides is 1. The third-order valence-electron chi connectivity index (χ3n) is 5.07. The highest BCUT2D eigenvalue weighted by molar-refractivity contribution is 14.0. The molecule has 0 bridgehead atoms. The van der Waals surface area contributed by atoms with Crippen LogP contribution in [-0.4, -0.2) is 41.8 Å². The van der Waals surface area contributed by atoms with Gasteiger partial charge in [0.2, 0.25) is 0 Å². The zero-order valence-electron chi connectivity index (χ0n) is 17.5. The number of carbonyl (C=O) groups is 1. The zero-order chi connectivity index (χ0) is 20.1. The molecule has 3 rings (SSSR count).